The second-order valence-corrected chi connectivity index (χ2v) is 8.71. The van der Waals surface area contributed by atoms with Crippen molar-refractivity contribution >= 4 is 5.91 Å². The van der Waals surface area contributed by atoms with Crippen LogP contribution >= 0.6 is 0 Å². The van der Waals surface area contributed by atoms with Gasteiger partial charge in [0, 0.05) is 11.6 Å². The van der Waals surface area contributed by atoms with E-state index in [-0.39, 0.29) is 11.9 Å². The number of amides is 1. The van der Waals surface area contributed by atoms with Gasteiger partial charge in [0.25, 0.3) is 5.91 Å². The van der Waals surface area contributed by atoms with E-state index in [0.717, 1.165) is 55.0 Å². The molecule has 2 N–H and O–H groups in total. The zero-order valence-electron chi connectivity index (χ0n) is 20.1. The molecule has 0 aliphatic carbocycles. The van der Waals surface area contributed by atoms with Crippen molar-refractivity contribution in [1.29, 1.82) is 0 Å². The molecule has 1 atom stereocenters. The summed E-state index contributed by atoms with van der Waals surface area (Å²) in [5.74, 6) is -0.0812. The van der Waals surface area contributed by atoms with Crippen molar-refractivity contribution < 1.29 is 9.69 Å². The Kier molecular flexibility index (Phi) is 8.23. The van der Waals surface area contributed by atoms with Gasteiger partial charge in [-0.1, -0.05) is 48.0 Å². The summed E-state index contributed by atoms with van der Waals surface area (Å²) in [5, 5.41) is 8.03. The van der Waals surface area contributed by atoms with Crippen LogP contribution in [-0.2, 0) is 0 Å². The number of carbonyl (C=O) groups is 1. The predicted molar refractivity (Wildman–Crippen MR) is 132 cm³/mol. The van der Waals surface area contributed by atoms with Crippen molar-refractivity contribution in [3.8, 4) is 16.9 Å². The number of aromatic nitrogens is 2. The lowest BCUT2D eigenvalue weighted by atomic mass is 10.1. The van der Waals surface area contributed by atoms with Gasteiger partial charge in [0.15, 0.2) is 0 Å². The maximum Gasteiger partial charge on any atom is 0.270 e. The largest absolute Gasteiger partial charge is 0.348 e. The highest BCUT2D eigenvalue weighted by Crippen LogP contribution is 2.24. The molecule has 3 aromatic rings. The fourth-order valence-corrected chi connectivity index (χ4v) is 4.15. The van der Waals surface area contributed by atoms with Gasteiger partial charge in [0.1, 0.15) is 5.69 Å². The lowest BCUT2D eigenvalue weighted by molar-refractivity contribution is -0.896. The minimum atomic E-state index is -0.0812. The maximum atomic E-state index is 13.3. The summed E-state index contributed by atoms with van der Waals surface area (Å²) in [6, 6.07) is 18.3. The molecule has 3 rings (SSSR count). The number of nitrogens with one attached hydrogen (secondary N) is 2. The number of benzene rings is 2. The Hall–Kier alpha value is -2.92. The summed E-state index contributed by atoms with van der Waals surface area (Å²) < 4.78 is 1.79. The monoisotopic (exact) mass is 433 g/mol. The molecule has 1 heterocycles. The van der Waals surface area contributed by atoms with Gasteiger partial charge < -0.3 is 10.2 Å². The van der Waals surface area contributed by atoms with Gasteiger partial charge in [0.2, 0.25) is 0 Å². The van der Waals surface area contributed by atoms with Gasteiger partial charge in [-0.3, -0.25) is 4.79 Å². The van der Waals surface area contributed by atoms with Crippen LogP contribution in [0.4, 0.5) is 0 Å². The second-order valence-electron chi connectivity index (χ2n) is 8.71. The Bertz CT molecular complexity index is 1020. The summed E-state index contributed by atoms with van der Waals surface area (Å²) in [6.07, 6.45) is 2.07. The van der Waals surface area contributed by atoms with Crippen LogP contribution in [0.15, 0.2) is 54.6 Å². The second kappa shape index (κ2) is 11.1. The van der Waals surface area contributed by atoms with E-state index in [2.05, 4.69) is 52.1 Å². The fourth-order valence-electron chi connectivity index (χ4n) is 4.15. The van der Waals surface area contributed by atoms with Crippen LogP contribution in [0.5, 0.6) is 0 Å². The number of quaternary nitrogens is 1. The molecule has 0 saturated carbocycles. The van der Waals surface area contributed by atoms with E-state index >= 15 is 0 Å². The molecule has 0 bridgehead atoms. The van der Waals surface area contributed by atoms with Crippen LogP contribution < -0.4 is 10.2 Å². The summed E-state index contributed by atoms with van der Waals surface area (Å²) in [7, 11) is 0. The Balaban J connectivity index is 1.84. The zero-order valence-corrected chi connectivity index (χ0v) is 20.1. The molecule has 32 heavy (non-hydrogen) atoms. The Morgan fingerprint density at radius 1 is 1.06 bits per heavy atom. The number of nitrogens with zero attached hydrogens (tertiary/aromatic N) is 2. The van der Waals surface area contributed by atoms with Crippen molar-refractivity contribution in [2.45, 2.75) is 53.5 Å². The first-order valence-corrected chi connectivity index (χ1v) is 11.8. The highest BCUT2D eigenvalue weighted by Gasteiger charge is 2.20. The Morgan fingerprint density at radius 2 is 1.78 bits per heavy atom. The minimum Gasteiger partial charge on any atom is -0.348 e. The lowest BCUT2D eigenvalue weighted by Gasteiger charge is -2.18. The van der Waals surface area contributed by atoms with Crippen molar-refractivity contribution in [3.63, 3.8) is 0 Å². The Morgan fingerprint density at radius 3 is 2.44 bits per heavy atom. The molecule has 5 heteroatoms. The van der Waals surface area contributed by atoms with Crippen LogP contribution in [0, 0.1) is 13.8 Å². The van der Waals surface area contributed by atoms with Gasteiger partial charge in [-0.05, 0) is 65.2 Å². The van der Waals surface area contributed by atoms with Gasteiger partial charge in [-0.15, -0.1) is 0 Å². The molecule has 0 spiro atoms. The molecule has 1 amide bonds. The molecule has 0 saturated heterocycles. The summed E-state index contributed by atoms with van der Waals surface area (Å²) in [5.41, 5.74) is 5.58. The molecule has 1 aromatic heterocycles. The fraction of sp³-hybridized carbons (Fsp3) is 0.407. The number of rotatable bonds is 10. The highest BCUT2D eigenvalue weighted by molar-refractivity contribution is 5.94. The van der Waals surface area contributed by atoms with Crippen molar-refractivity contribution in [3.05, 3.63) is 71.4 Å². The molecule has 0 aliphatic heterocycles. The average molecular weight is 434 g/mol. The predicted octanol–water partition coefficient (Wildman–Crippen LogP) is 3.98. The first kappa shape index (κ1) is 23.7. The lowest BCUT2D eigenvalue weighted by Crippen LogP contribution is -3.11. The van der Waals surface area contributed by atoms with E-state index in [9.17, 15) is 4.79 Å². The molecule has 2 aromatic carbocycles. The van der Waals surface area contributed by atoms with Crippen LogP contribution in [-0.4, -0.2) is 41.4 Å². The SMILES string of the molecule is CC[NH+](CC)CCC[C@@H](C)NC(=O)c1cc(-c2ccccc2)nn1-c1ccc(C)cc1C. The van der Waals surface area contributed by atoms with Crippen molar-refractivity contribution in [2.75, 3.05) is 19.6 Å². The zero-order chi connectivity index (χ0) is 23.1. The molecule has 0 radical (unpaired) electrons. The third-order valence-electron chi connectivity index (χ3n) is 6.14. The minimum absolute atomic E-state index is 0.0812. The molecular formula is C27H37N4O+. The number of hydrogen-bond acceptors (Lipinski definition) is 2. The van der Waals surface area contributed by atoms with E-state index < -0.39 is 0 Å². The van der Waals surface area contributed by atoms with Crippen LogP contribution in [0.1, 0.15) is 55.2 Å². The molecule has 5 nitrogen and oxygen atoms in total. The summed E-state index contributed by atoms with van der Waals surface area (Å²) in [6.45, 7) is 14.1. The van der Waals surface area contributed by atoms with Crippen LogP contribution in [0.2, 0.25) is 0 Å². The van der Waals surface area contributed by atoms with Gasteiger partial charge in [-0.25, -0.2) is 4.68 Å². The van der Waals surface area contributed by atoms with E-state index in [1.54, 1.807) is 9.58 Å². The van der Waals surface area contributed by atoms with Crippen molar-refractivity contribution in [1.82, 2.24) is 15.1 Å². The summed E-state index contributed by atoms with van der Waals surface area (Å²) >= 11 is 0. The van der Waals surface area contributed by atoms with E-state index in [1.165, 1.54) is 5.56 Å². The van der Waals surface area contributed by atoms with E-state index in [0.29, 0.717) is 5.69 Å². The molecule has 0 unspecified atom stereocenters. The normalized spacial score (nSPS) is 12.2. The first-order chi connectivity index (χ1) is 15.4. The standard InChI is InChI=1S/C27H36N4O/c1-6-30(7-2)17-11-12-22(5)28-27(32)26-19-24(23-13-9-8-10-14-23)29-31(26)25-16-15-20(3)18-21(25)4/h8-10,13-16,18-19,22H,6-7,11-12,17H2,1-5H3,(H,28,32)/p+1/t22-/m1/s1. The smallest absolute Gasteiger partial charge is 0.270 e. The molecular weight excluding hydrogens is 396 g/mol. The number of carbonyl (C=O) groups excluding carboxylic acids is 1. The molecule has 170 valence electrons. The topological polar surface area (TPSA) is 51.4 Å². The Labute approximate surface area is 192 Å². The van der Waals surface area contributed by atoms with E-state index in [1.807, 2.05) is 42.5 Å². The quantitative estimate of drug-likeness (QED) is 0.508. The van der Waals surface area contributed by atoms with Gasteiger partial charge in [0.05, 0.1) is 31.0 Å². The third kappa shape index (κ3) is 5.86. The van der Waals surface area contributed by atoms with E-state index in [4.69, 9.17) is 5.10 Å². The number of aryl methyl sites for hydroxylation is 2. The molecule has 0 fully saturated rings. The highest BCUT2D eigenvalue weighted by atomic mass is 16.2. The van der Waals surface area contributed by atoms with Crippen LogP contribution in [0.25, 0.3) is 16.9 Å². The third-order valence-corrected chi connectivity index (χ3v) is 6.14. The van der Waals surface area contributed by atoms with Gasteiger partial charge in [-0.2, -0.15) is 5.10 Å². The first-order valence-electron chi connectivity index (χ1n) is 11.8. The maximum absolute atomic E-state index is 13.3. The average Bonchev–Trinajstić information content (AvgIpc) is 3.23. The van der Waals surface area contributed by atoms with Crippen LogP contribution in [0.3, 0.4) is 0 Å². The van der Waals surface area contributed by atoms with Crippen molar-refractivity contribution in [2.24, 2.45) is 0 Å². The number of hydrogen-bond donors (Lipinski definition) is 2. The van der Waals surface area contributed by atoms with Gasteiger partial charge >= 0.3 is 0 Å². The molecule has 0 aliphatic rings. The summed E-state index contributed by atoms with van der Waals surface area (Å²) in [4.78, 5) is 14.9.